The fraction of sp³-hybridized carbons (Fsp3) is 0.375. The number of anilines is 2. The van der Waals surface area contributed by atoms with Crippen LogP contribution in [0.4, 0.5) is 11.5 Å². The number of hydrogen-bond donors (Lipinski definition) is 3. The monoisotopic (exact) mass is 448 g/mol. The van der Waals surface area contributed by atoms with E-state index in [1.54, 1.807) is 6.33 Å². The largest absolute Gasteiger partial charge is 0.396 e. The van der Waals surface area contributed by atoms with Gasteiger partial charge in [-0.05, 0) is 67.7 Å². The van der Waals surface area contributed by atoms with Gasteiger partial charge in [-0.3, -0.25) is 0 Å². The summed E-state index contributed by atoms with van der Waals surface area (Å²) in [5, 5.41) is 13.9. The molecule has 8 heteroatoms. The van der Waals surface area contributed by atoms with Crippen molar-refractivity contribution in [1.82, 2.24) is 19.5 Å². The summed E-state index contributed by atoms with van der Waals surface area (Å²) in [6, 6.07) is 12.8. The number of H-pyrrole nitrogens is 1. The zero-order valence-corrected chi connectivity index (χ0v) is 19.0. The molecular weight excluding hydrogens is 420 g/mol. The van der Waals surface area contributed by atoms with Crippen molar-refractivity contribution in [3.05, 3.63) is 53.1 Å². The zero-order valence-electron chi connectivity index (χ0n) is 18.2. The molecule has 5 rings (SSSR count). The SMILES string of the molecule is CCn1c(=S)[nH]c2cc3c(NCc4ccc(N5CCCC(CO)C5)cc4)ncnc3cc21. The molecule has 1 aliphatic rings. The van der Waals surface area contributed by atoms with Crippen LogP contribution < -0.4 is 10.2 Å². The number of fused-ring (bicyclic) bond motifs is 2. The molecule has 7 nitrogen and oxygen atoms in total. The molecule has 1 unspecified atom stereocenters. The number of rotatable bonds is 6. The number of hydrogen-bond acceptors (Lipinski definition) is 6. The minimum atomic E-state index is 0.270. The number of piperidine rings is 1. The standard InChI is InChI=1S/C24H28N6OS/c1-2-30-22-11-20-19(10-21(22)28-24(30)32)23(27-15-26-20)25-12-16-5-7-18(8-6-16)29-9-3-4-17(13-29)14-31/h5-8,10-11,15,17,31H,2-4,9,12-14H2,1H3,(H,28,32)(H,25,26,27). The number of aryl methyl sites for hydroxylation is 1. The first-order valence-corrected chi connectivity index (χ1v) is 11.6. The van der Waals surface area contributed by atoms with Crippen LogP contribution in [0.1, 0.15) is 25.3 Å². The molecule has 0 bridgehead atoms. The molecule has 1 atom stereocenters. The fourth-order valence-electron chi connectivity index (χ4n) is 4.62. The Kier molecular flexibility index (Phi) is 5.80. The third kappa shape index (κ3) is 3.96. The van der Waals surface area contributed by atoms with E-state index in [4.69, 9.17) is 12.2 Å². The van der Waals surface area contributed by atoms with Crippen LogP contribution in [0, 0.1) is 10.7 Å². The van der Waals surface area contributed by atoms with Gasteiger partial charge in [0.05, 0.1) is 16.6 Å². The van der Waals surface area contributed by atoms with Crippen molar-refractivity contribution in [3.63, 3.8) is 0 Å². The second-order valence-corrected chi connectivity index (χ2v) is 8.83. The molecule has 166 valence electrons. The number of aliphatic hydroxyl groups excluding tert-OH is 1. The normalized spacial score (nSPS) is 16.7. The summed E-state index contributed by atoms with van der Waals surface area (Å²) in [7, 11) is 0. The summed E-state index contributed by atoms with van der Waals surface area (Å²) in [6.45, 7) is 5.83. The second kappa shape index (κ2) is 8.88. The van der Waals surface area contributed by atoms with Crippen LogP contribution >= 0.6 is 12.2 Å². The molecule has 0 amide bonds. The van der Waals surface area contributed by atoms with Gasteiger partial charge < -0.3 is 24.9 Å². The molecule has 3 heterocycles. The van der Waals surface area contributed by atoms with Crippen molar-refractivity contribution in [1.29, 1.82) is 0 Å². The van der Waals surface area contributed by atoms with Crippen molar-refractivity contribution < 1.29 is 5.11 Å². The van der Waals surface area contributed by atoms with Gasteiger partial charge in [-0.2, -0.15) is 0 Å². The van der Waals surface area contributed by atoms with Crippen molar-refractivity contribution in [2.45, 2.75) is 32.9 Å². The highest BCUT2D eigenvalue weighted by molar-refractivity contribution is 7.71. The summed E-state index contributed by atoms with van der Waals surface area (Å²) in [4.78, 5) is 14.6. The average molecular weight is 449 g/mol. The predicted octanol–water partition coefficient (Wildman–Crippen LogP) is 4.48. The number of imidazole rings is 1. The number of aliphatic hydroxyl groups is 1. The van der Waals surface area contributed by atoms with Gasteiger partial charge in [0.2, 0.25) is 0 Å². The van der Waals surface area contributed by atoms with Gasteiger partial charge in [-0.1, -0.05) is 12.1 Å². The average Bonchev–Trinajstić information content (AvgIpc) is 3.15. The number of benzene rings is 2. The molecule has 3 N–H and O–H groups in total. The van der Waals surface area contributed by atoms with Crippen LogP contribution in [0.15, 0.2) is 42.7 Å². The Morgan fingerprint density at radius 1 is 1.22 bits per heavy atom. The molecule has 1 fully saturated rings. The quantitative estimate of drug-likeness (QED) is 0.377. The molecule has 2 aromatic heterocycles. The van der Waals surface area contributed by atoms with E-state index in [0.29, 0.717) is 12.5 Å². The Hall–Kier alpha value is -2.97. The van der Waals surface area contributed by atoms with Gasteiger partial charge in [0.15, 0.2) is 4.77 Å². The van der Waals surface area contributed by atoms with Crippen molar-refractivity contribution in [3.8, 4) is 0 Å². The molecule has 4 aromatic rings. The van der Waals surface area contributed by atoms with E-state index in [-0.39, 0.29) is 6.61 Å². The topological polar surface area (TPSA) is 82.0 Å². The number of nitrogens with one attached hydrogen (secondary N) is 2. The second-order valence-electron chi connectivity index (χ2n) is 8.44. The molecule has 0 saturated carbocycles. The molecule has 0 radical (unpaired) electrons. The maximum Gasteiger partial charge on any atom is 0.178 e. The summed E-state index contributed by atoms with van der Waals surface area (Å²) in [5.74, 6) is 1.19. The molecule has 32 heavy (non-hydrogen) atoms. The van der Waals surface area contributed by atoms with E-state index in [9.17, 15) is 5.11 Å². The summed E-state index contributed by atoms with van der Waals surface area (Å²) < 4.78 is 2.80. The van der Waals surface area contributed by atoms with E-state index in [1.807, 2.05) is 0 Å². The zero-order chi connectivity index (χ0) is 22.1. The highest BCUT2D eigenvalue weighted by atomic mass is 32.1. The van der Waals surface area contributed by atoms with Crippen molar-refractivity contribution >= 4 is 45.7 Å². The Bertz CT molecular complexity index is 1300. The van der Waals surface area contributed by atoms with Crippen LogP contribution in [-0.2, 0) is 13.1 Å². The molecule has 1 aliphatic heterocycles. The lowest BCUT2D eigenvalue weighted by molar-refractivity contribution is 0.209. The van der Waals surface area contributed by atoms with Gasteiger partial charge in [-0.15, -0.1) is 0 Å². The van der Waals surface area contributed by atoms with E-state index >= 15 is 0 Å². The van der Waals surface area contributed by atoms with E-state index < -0.39 is 0 Å². The molecule has 2 aromatic carbocycles. The number of nitrogens with zero attached hydrogens (tertiary/aromatic N) is 4. The van der Waals surface area contributed by atoms with Crippen LogP contribution in [0.2, 0.25) is 0 Å². The third-order valence-electron chi connectivity index (χ3n) is 6.39. The minimum absolute atomic E-state index is 0.270. The van der Waals surface area contributed by atoms with Crippen LogP contribution in [0.25, 0.3) is 21.9 Å². The van der Waals surface area contributed by atoms with Gasteiger partial charge in [-0.25, -0.2) is 9.97 Å². The first kappa shape index (κ1) is 20.9. The van der Waals surface area contributed by atoms with Crippen LogP contribution in [0.5, 0.6) is 0 Å². The molecular formula is C24H28N6OS. The Balaban J connectivity index is 1.35. The van der Waals surface area contributed by atoms with E-state index in [2.05, 4.69) is 73.1 Å². The molecule has 0 aliphatic carbocycles. The highest BCUT2D eigenvalue weighted by Gasteiger charge is 2.19. The van der Waals surface area contributed by atoms with Gasteiger partial charge in [0.1, 0.15) is 12.1 Å². The Morgan fingerprint density at radius 3 is 2.84 bits per heavy atom. The third-order valence-corrected chi connectivity index (χ3v) is 6.71. The maximum atomic E-state index is 9.49. The van der Waals surface area contributed by atoms with Gasteiger partial charge in [0.25, 0.3) is 0 Å². The minimum Gasteiger partial charge on any atom is -0.396 e. The Morgan fingerprint density at radius 2 is 2.06 bits per heavy atom. The summed E-state index contributed by atoms with van der Waals surface area (Å²) in [5.41, 5.74) is 5.36. The smallest absolute Gasteiger partial charge is 0.178 e. The van der Waals surface area contributed by atoms with Gasteiger partial charge >= 0.3 is 0 Å². The van der Waals surface area contributed by atoms with Crippen LogP contribution in [-0.4, -0.2) is 44.3 Å². The van der Waals surface area contributed by atoms with Crippen molar-refractivity contribution in [2.75, 3.05) is 29.9 Å². The molecule has 1 saturated heterocycles. The lowest BCUT2D eigenvalue weighted by Gasteiger charge is -2.33. The predicted molar refractivity (Wildman–Crippen MR) is 132 cm³/mol. The number of aromatic nitrogens is 4. The van der Waals surface area contributed by atoms with E-state index in [0.717, 1.165) is 65.0 Å². The Labute approximate surface area is 192 Å². The number of aromatic amines is 1. The van der Waals surface area contributed by atoms with Crippen molar-refractivity contribution in [2.24, 2.45) is 5.92 Å². The molecule has 0 spiro atoms. The fourth-order valence-corrected chi connectivity index (χ4v) is 4.96. The summed E-state index contributed by atoms with van der Waals surface area (Å²) >= 11 is 5.45. The first-order chi connectivity index (χ1) is 15.7. The van der Waals surface area contributed by atoms with E-state index in [1.165, 1.54) is 11.3 Å². The van der Waals surface area contributed by atoms with Crippen LogP contribution in [0.3, 0.4) is 0 Å². The summed E-state index contributed by atoms with van der Waals surface area (Å²) in [6.07, 6.45) is 3.85. The lowest BCUT2D eigenvalue weighted by Crippen LogP contribution is -2.36. The maximum absolute atomic E-state index is 9.49. The first-order valence-electron chi connectivity index (χ1n) is 11.2. The highest BCUT2D eigenvalue weighted by Crippen LogP contribution is 2.27. The lowest BCUT2D eigenvalue weighted by atomic mass is 9.98. The van der Waals surface area contributed by atoms with Gasteiger partial charge in [0, 0.05) is 43.9 Å².